The molecule has 5 nitrogen and oxygen atoms in total. The Balaban J connectivity index is 2.21. The van der Waals surface area contributed by atoms with Crippen LogP contribution < -0.4 is 20.1 Å². The van der Waals surface area contributed by atoms with Gasteiger partial charge < -0.3 is 20.1 Å². The van der Waals surface area contributed by atoms with Gasteiger partial charge in [0.05, 0.1) is 19.8 Å². The molecule has 0 bridgehead atoms. The number of methoxy groups -OCH3 is 2. The molecule has 2 rings (SSSR count). The molecule has 6 heteroatoms. The summed E-state index contributed by atoms with van der Waals surface area (Å²) < 4.78 is 24.3. The number of nitrogens with one attached hydrogen (secondary N) is 2. The number of amides is 1. The van der Waals surface area contributed by atoms with Gasteiger partial charge in [0.2, 0.25) is 0 Å². The highest BCUT2D eigenvalue weighted by Crippen LogP contribution is 2.30. The van der Waals surface area contributed by atoms with E-state index in [1.165, 1.54) is 20.3 Å². The summed E-state index contributed by atoms with van der Waals surface area (Å²) in [7, 11) is 2.84. The topological polar surface area (TPSA) is 59.6 Å². The summed E-state index contributed by atoms with van der Waals surface area (Å²) in [6, 6.07) is 9.86. The maximum absolute atomic E-state index is 14.1. The standard InChI is InChI=1S/C18H21FN2O3/c1-4-20-11-12-6-5-7-13(8-12)21-18(22)14-9-16(23-2)17(24-3)10-15(14)19/h5-10,20H,4,11H2,1-3H3,(H,21,22). The molecule has 0 spiro atoms. The zero-order chi connectivity index (χ0) is 17.5. The number of halogens is 1. The Morgan fingerprint density at radius 2 is 1.83 bits per heavy atom. The summed E-state index contributed by atoms with van der Waals surface area (Å²) in [5, 5.41) is 5.91. The molecule has 0 saturated carbocycles. The maximum atomic E-state index is 14.1. The number of hydrogen-bond acceptors (Lipinski definition) is 4. The first-order valence-electron chi connectivity index (χ1n) is 7.61. The van der Waals surface area contributed by atoms with Crippen LogP contribution in [0.2, 0.25) is 0 Å². The van der Waals surface area contributed by atoms with Crippen molar-refractivity contribution in [2.45, 2.75) is 13.5 Å². The largest absolute Gasteiger partial charge is 0.493 e. The Labute approximate surface area is 140 Å². The van der Waals surface area contributed by atoms with Crippen LogP contribution in [0.3, 0.4) is 0 Å². The minimum atomic E-state index is -0.672. The molecule has 0 fully saturated rings. The first-order valence-corrected chi connectivity index (χ1v) is 7.61. The van der Waals surface area contributed by atoms with Gasteiger partial charge in [-0.15, -0.1) is 0 Å². The number of carbonyl (C=O) groups is 1. The van der Waals surface area contributed by atoms with Crippen molar-refractivity contribution in [3.8, 4) is 11.5 Å². The van der Waals surface area contributed by atoms with Crippen molar-refractivity contribution < 1.29 is 18.7 Å². The number of rotatable bonds is 7. The van der Waals surface area contributed by atoms with Crippen LogP contribution in [0, 0.1) is 5.82 Å². The van der Waals surface area contributed by atoms with E-state index in [-0.39, 0.29) is 11.3 Å². The van der Waals surface area contributed by atoms with E-state index in [0.29, 0.717) is 18.0 Å². The summed E-state index contributed by atoms with van der Waals surface area (Å²) in [6.07, 6.45) is 0. The Bertz CT molecular complexity index is 719. The van der Waals surface area contributed by atoms with Crippen LogP contribution in [0.1, 0.15) is 22.8 Å². The molecule has 0 saturated heterocycles. The molecule has 0 atom stereocenters. The molecular weight excluding hydrogens is 311 g/mol. The van der Waals surface area contributed by atoms with Gasteiger partial charge in [0.25, 0.3) is 5.91 Å². The number of carbonyl (C=O) groups excluding carboxylic acids is 1. The van der Waals surface area contributed by atoms with Crippen molar-refractivity contribution in [3.05, 3.63) is 53.3 Å². The monoisotopic (exact) mass is 332 g/mol. The summed E-state index contributed by atoms with van der Waals surface area (Å²) >= 11 is 0. The first-order chi connectivity index (χ1) is 11.6. The van der Waals surface area contributed by atoms with E-state index in [2.05, 4.69) is 10.6 Å². The van der Waals surface area contributed by atoms with E-state index in [1.54, 1.807) is 6.07 Å². The molecular formula is C18H21FN2O3. The highest BCUT2D eigenvalue weighted by molar-refractivity contribution is 6.04. The van der Waals surface area contributed by atoms with Gasteiger partial charge >= 0.3 is 0 Å². The molecule has 0 radical (unpaired) electrons. The molecule has 0 aliphatic heterocycles. The third kappa shape index (κ3) is 4.23. The van der Waals surface area contributed by atoms with Crippen LogP contribution in [0.25, 0.3) is 0 Å². The Hall–Kier alpha value is -2.60. The fourth-order valence-electron chi connectivity index (χ4n) is 2.25. The van der Waals surface area contributed by atoms with Crippen LogP contribution in [0.5, 0.6) is 11.5 Å². The number of benzene rings is 2. The van der Waals surface area contributed by atoms with Crippen molar-refractivity contribution in [1.82, 2.24) is 5.32 Å². The predicted octanol–water partition coefficient (Wildman–Crippen LogP) is 3.20. The lowest BCUT2D eigenvalue weighted by atomic mass is 10.1. The average molecular weight is 332 g/mol. The van der Waals surface area contributed by atoms with Crippen LogP contribution >= 0.6 is 0 Å². The van der Waals surface area contributed by atoms with Gasteiger partial charge in [-0.05, 0) is 30.3 Å². The molecule has 2 aromatic carbocycles. The van der Waals surface area contributed by atoms with E-state index in [4.69, 9.17) is 9.47 Å². The lowest BCUT2D eigenvalue weighted by Gasteiger charge is -2.12. The minimum Gasteiger partial charge on any atom is -0.493 e. The first kappa shape index (κ1) is 17.7. The average Bonchev–Trinajstić information content (AvgIpc) is 2.59. The highest BCUT2D eigenvalue weighted by Gasteiger charge is 2.17. The molecule has 0 aromatic heterocycles. The van der Waals surface area contributed by atoms with Crippen LogP contribution in [0.15, 0.2) is 36.4 Å². The summed E-state index contributed by atoms with van der Waals surface area (Å²) in [6.45, 7) is 3.57. The molecule has 0 aliphatic carbocycles. The minimum absolute atomic E-state index is 0.107. The van der Waals surface area contributed by atoms with E-state index in [0.717, 1.165) is 18.2 Å². The zero-order valence-corrected chi connectivity index (χ0v) is 14.0. The van der Waals surface area contributed by atoms with E-state index in [9.17, 15) is 9.18 Å². The number of hydrogen-bond donors (Lipinski definition) is 2. The maximum Gasteiger partial charge on any atom is 0.258 e. The second kappa shape index (κ2) is 8.31. The van der Waals surface area contributed by atoms with Crippen LogP contribution in [-0.2, 0) is 6.54 Å². The van der Waals surface area contributed by atoms with Crippen molar-refractivity contribution in [1.29, 1.82) is 0 Å². The lowest BCUT2D eigenvalue weighted by molar-refractivity contribution is 0.102. The third-order valence-electron chi connectivity index (χ3n) is 3.48. The fraction of sp³-hybridized carbons (Fsp3) is 0.278. The molecule has 0 aliphatic rings. The van der Waals surface area contributed by atoms with Crippen LogP contribution in [-0.4, -0.2) is 26.7 Å². The summed E-state index contributed by atoms with van der Waals surface area (Å²) in [5.74, 6) is -0.688. The molecule has 0 heterocycles. The van der Waals surface area contributed by atoms with Gasteiger partial charge in [-0.1, -0.05) is 19.1 Å². The molecule has 128 valence electrons. The lowest BCUT2D eigenvalue weighted by Crippen LogP contribution is -2.15. The van der Waals surface area contributed by atoms with Gasteiger partial charge in [-0.3, -0.25) is 4.79 Å². The van der Waals surface area contributed by atoms with E-state index < -0.39 is 11.7 Å². The van der Waals surface area contributed by atoms with Gasteiger partial charge in [0.1, 0.15) is 5.82 Å². The Kier molecular flexibility index (Phi) is 6.14. The zero-order valence-electron chi connectivity index (χ0n) is 14.0. The van der Waals surface area contributed by atoms with Crippen LogP contribution in [0.4, 0.5) is 10.1 Å². The van der Waals surface area contributed by atoms with Crippen molar-refractivity contribution in [2.75, 3.05) is 26.1 Å². The number of anilines is 1. The third-order valence-corrected chi connectivity index (χ3v) is 3.48. The van der Waals surface area contributed by atoms with Crippen molar-refractivity contribution >= 4 is 11.6 Å². The SMILES string of the molecule is CCNCc1cccc(NC(=O)c2cc(OC)c(OC)cc2F)c1. The van der Waals surface area contributed by atoms with Crippen molar-refractivity contribution in [3.63, 3.8) is 0 Å². The smallest absolute Gasteiger partial charge is 0.258 e. The van der Waals surface area contributed by atoms with E-state index >= 15 is 0 Å². The predicted molar refractivity (Wildman–Crippen MR) is 91.3 cm³/mol. The molecule has 2 N–H and O–H groups in total. The van der Waals surface area contributed by atoms with Gasteiger partial charge in [0.15, 0.2) is 11.5 Å². The fourth-order valence-corrected chi connectivity index (χ4v) is 2.25. The second-order valence-electron chi connectivity index (χ2n) is 5.12. The molecule has 24 heavy (non-hydrogen) atoms. The summed E-state index contributed by atoms with van der Waals surface area (Å²) in [4.78, 5) is 12.4. The van der Waals surface area contributed by atoms with Gasteiger partial charge in [0, 0.05) is 18.3 Å². The van der Waals surface area contributed by atoms with Gasteiger partial charge in [-0.2, -0.15) is 0 Å². The normalized spacial score (nSPS) is 10.3. The summed E-state index contributed by atoms with van der Waals surface area (Å²) in [5.41, 5.74) is 1.52. The molecule has 2 aromatic rings. The Morgan fingerprint density at radius 1 is 1.12 bits per heavy atom. The van der Waals surface area contributed by atoms with Crippen molar-refractivity contribution in [2.24, 2.45) is 0 Å². The molecule has 0 unspecified atom stereocenters. The molecule has 1 amide bonds. The number of ether oxygens (including phenoxy) is 2. The Morgan fingerprint density at radius 3 is 2.50 bits per heavy atom. The quantitative estimate of drug-likeness (QED) is 0.817. The van der Waals surface area contributed by atoms with Gasteiger partial charge in [-0.25, -0.2) is 4.39 Å². The highest BCUT2D eigenvalue weighted by atomic mass is 19.1. The van der Waals surface area contributed by atoms with E-state index in [1.807, 2.05) is 25.1 Å². The second-order valence-corrected chi connectivity index (χ2v) is 5.12.